The summed E-state index contributed by atoms with van der Waals surface area (Å²) < 4.78 is 28.5. The Morgan fingerprint density at radius 3 is 2.63 bits per heavy atom. The molecule has 2 bridgehead atoms. The molecule has 8 rings (SSSR count). The molecule has 0 radical (unpaired) electrons. The van der Waals surface area contributed by atoms with Crippen LogP contribution >= 0.6 is 11.6 Å². The second kappa shape index (κ2) is 9.68. The molecule has 2 atom stereocenters. The van der Waals surface area contributed by atoms with Gasteiger partial charge in [-0.15, -0.1) is 0 Å². The minimum Gasteiger partial charge on any atom is -0.463 e. The van der Waals surface area contributed by atoms with Crippen LogP contribution in [0.15, 0.2) is 28.7 Å². The number of para-hydroxylation sites is 1. The number of nitrogen functional groups attached to an aromatic ring is 1. The lowest BCUT2D eigenvalue weighted by Crippen LogP contribution is -2.51. The number of nitrogens with one attached hydrogen (secondary N) is 1. The van der Waals surface area contributed by atoms with Gasteiger partial charge >= 0.3 is 6.01 Å². The Morgan fingerprint density at radius 2 is 1.88 bits per heavy atom. The Balaban J connectivity index is 1.22. The van der Waals surface area contributed by atoms with Gasteiger partial charge < -0.3 is 30.0 Å². The van der Waals surface area contributed by atoms with Gasteiger partial charge in [0.2, 0.25) is 0 Å². The van der Waals surface area contributed by atoms with E-state index in [1.165, 1.54) is 12.8 Å². The van der Waals surface area contributed by atoms with Crippen molar-refractivity contribution in [3.05, 3.63) is 35.1 Å². The third-order valence-corrected chi connectivity index (χ3v) is 9.58. The first kappa shape index (κ1) is 25.5. The first-order valence-corrected chi connectivity index (χ1v) is 15.0. The van der Waals surface area contributed by atoms with E-state index in [0.29, 0.717) is 46.6 Å². The van der Waals surface area contributed by atoms with Gasteiger partial charge in [0, 0.05) is 53.6 Å². The number of oxazole rings is 1. The lowest BCUT2D eigenvalue weighted by molar-refractivity contribution is 0.170. The Labute approximate surface area is 242 Å². The van der Waals surface area contributed by atoms with Crippen LogP contribution in [0, 0.1) is 11.2 Å². The predicted molar refractivity (Wildman–Crippen MR) is 157 cm³/mol. The van der Waals surface area contributed by atoms with Gasteiger partial charge in [-0.1, -0.05) is 23.7 Å². The van der Waals surface area contributed by atoms with E-state index in [1.54, 1.807) is 24.3 Å². The molecular weight excluding hydrogens is 545 g/mol. The van der Waals surface area contributed by atoms with E-state index < -0.39 is 5.82 Å². The molecule has 3 saturated heterocycles. The van der Waals surface area contributed by atoms with E-state index >= 15 is 4.39 Å². The monoisotopic (exact) mass is 577 g/mol. The molecule has 2 unspecified atom stereocenters. The van der Waals surface area contributed by atoms with Crippen molar-refractivity contribution in [1.29, 1.82) is 0 Å². The number of nitrogens with zero attached hydrogens (tertiary/aromatic N) is 5. The maximum Gasteiger partial charge on any atom is 0.319 e. The van der Waals surface area contributed by atoms with Crippen LogP contribution in [0.1, 0.15) is 38.5 Å². The van der Waals surface area contributed by atoms with Crippen LogP contribution < -0.4 is 20.7 Å². The number of hydrogen-bond donors (Lipinski definition) is 2. The molecule has 2 aromatic heterocycles. The van der Waals surface area contributed by atoms with Gasteiger partial charge in [0.05, 0.1) is 11.6 Å². The zero-order chi connectivity index (χ0) is 27.7. The van der Waals surface area contributed by atoms with Gasteiger partial charge in [-0.2, -0.15) is 15.0 Å². The summed E-state index contributed by atoms with van der Waals surface area (Å²) in [6, 6.07) is 8.05. The number of fused-ring (bicyclic) bond motifs is 4. The molecule has 0 spiro atoms. The summed E-state index contributed by atoms with van der Waals surface area (Å²) in [6.07, 6.45) is 7.03. The van der Waals surface area contributed by atoms with E-state index in [9.17, 15) is 0 Å². The van der Waals surface area contributed by atoms with Gasteiger partial charge in [-0.25, -0.2) is 4.39 Å². The number of anilines is 2. The molecule has 1 aliphatic carbocycles. The van der Waals surface area contributed by atoms with Gasteiger partial charge in [0.25, 0.3) is 6.01 Å². The van der Waals surface area contributed by atoms with Crippen molar-refractivity contribution in [2.45, 2.75) is 50.6 Å². The molecule has 2 aromatic carbocycles. The summed E-state index contributed by atoms with van der Waals surface area (Å²) in [5.74, 6) is 0.135. The van der Waals surface area contributed by atoms with Crippen LogP contribution in [-0.2, 0) is 0 Å². The van der Waals surface area contributed by atoms with E-state index in [2.05, 4.69) is 25.1 Å². The fraction of sp³-hybridized carbons (Fsp3) is 0.500. The number of rotatable bonds is 7. The van der Waals surface area contributed by atoms with Crippen LogP contribution in [0.2, 0.25) is 5.02 Å². The highest BCUT2D eigenvalue weighted by atomic mass is 35.5. The minimum atomic E-state index is -0.536. The molecular formula is C30H33ClFN7O2. The van der Waals surface area contributed by atoms with E-state index in [4.69, 9.17) is 31.5 Å². The smallest absolute Gasteiger partial charge is 0.319 e. The van der Waals surface area contributed by atoms with Crippen molar-refractivity contribution >= 4 is 45.4 Å². The summed E-state index contributed by atoms with van der Waals surface area (Å²) in [7, 11) is 0. The summed E-state index contributed by atoms with van der Waals surface area (Å²) in [4.78, 5) is 18.6. The van der Waals surface area contributed by atoms with Gasteiger partial charge in [-0.3, -0.25) is 0 Å². The third kappa shape index (κ3) is 4.56. The number of piperazine rings is 1. The van der Waals surface area contributed by atoms with Crippen LogP contribution in [0.5, 0.6) is 6.01 Å². The largest absolute Gasteiger partial charge is 0.463 e. The number of nitrogens with two attached hydrogens (primary N) is 1. The SMILES string of the molecule is Nc1nc2c(-c3c(Cl)cc4c(N5CC6CCC(C5)N6)nc(OCC5(CN6CCCC6)CC5)nc4c3F)cccc2o1. The lowest BCUT2D eigenvalue weighted by Gasteiger charge is -2.34. The zero-order valence-corrected chi connectivity index (χ0v) is 23.6. The number of halogens is 2. The lowest BCUT2D eigenvalue weighted by atomic mass is 10.0. The first-order chi connectivity index (χ1) is 19.9. The highest BCUT2D eigenvalue weighted by molar-refractivity contribution is 6.34. The number of likely N-dealkylation sites (tertiary alicyclic amines) is 1. The maximum atomic E-state index is 16.6. The number of hydrogen-bond acceptors (Lipinski definition) is 9. The molecule has 3 aliphatic heterocycles. The number of ether oxygens (including phenoxy) is 1. The Morgan fingerprint density at radius 1 is 1.10 bits per heavy atom. The highest BCUT2D eigenvalue weighted by Crippen LogP contribution is 2.47. The number of aromatic nitrogens is 3. The summed E-state index contributed by atoms with van der Waals surface area (Å²) in [5, 5.41) is 4.50. The highest BCUT2D eigenvalue weighted by Gasteiger charge is 2.45. The fourth-order valence-electron chi connectivity index (χ4n) is 7.01. The van der Waals surface area contributed by atoms with Crippen molar-refractivity contribution in [2.75, 3.05) is 50.0 Å². The molecule has 9 nitrogen and oxygen atoms in total. The van der Waals surface area contributed by atoms with Crippen molar-refractivity contribution < 1.29 is 13.5 Å². The molecule has 4 fully saturated rings. The zero-order valence-electron chi connectivity index (χ0n) is 22.8. The molecule has 0 amide bonds. The van der Waals surface area contributed by atoms with Crippen LogP contribution in [0.25, 0.3) is 33.1 Å². The molecule has 11 heteroatoms. The van der Waals surface area contributed by atoms with Gasteiger partial charge in [0.15, 0.2) is 11.4 Å². The molecule has 4 aliphatic rings. The van der Waals surface area contributed by atoms with Crippen molar-refractivity contribution in [2.24, 2.45) is 5.41 Å². The third-order valence-electron chi connectivity index (χ3n) is 9.29. The summed E-state index contributed by atoms with van der Waals surface area (Å²) >= 11 is 6.83. The molecule has 1 saturated carbocycles. The maximum absolute atomic E-state index is 16.6. The molecule has 214 valence electrons. The van der Waals surface area contributed by atoms with Crippen molar-refractivity contribution in [3.63, 3.8) is 0 Å². The minimum absolute atomic E-state index is 0.0151. The van der Waals surface area contributed by atoms with Crippen LogP contribution in [-0.4, -0.2) is 71.3 Å². The Hall–Kier alpha value is -3.21. The second-order valence-electron chi connectivity index (χ2n) is 12.3. The Bertz CT molecular complexity index is 1640. The van der Waals surface area contributed by atoms with E-state index in [1.807, 2.05) is 0 Å². The van der Waals surface area contributed by atoms with E-state index in [0.717, 1.165) is 58.4 Å². The van der Waals surface area contributed by atoms with Gasteiger partial charge in [-0.05, 0) is 63.7 Å². The average Bonchev–Trinajstić information content (AvgIpc) is 3.24. The molecule has 41 heavy (non-hydrogen) atoms. The molecule has 4 aromatic rings. The quantitative estimate of drug-likeness (QED) is 0.313. The normalized spacial score (nSPS) is 23.6. The van der Waals surface area contributed by atoms with E-state index in [-0.39, 0.29) is 33.5 Å². The first-order valence-electron chi connectivity index (χ1n) is 14.7. The van der Waals surface area contributed by atoms with Crippen LogP contribution in [0.3, 0.4) is 0 Å². The average molecular weight is 578 g/mol. The standard InChI is InChI=1S/C30H33ClFN7O2/c31-21-12-20-26(24(32)23(21)19-4-3-5-22-25(19)35-28(33)41-22)36-29(37-27(20)39-13-17-6-7-18(14-39)34-17)40-16-30(8-9-30)15-38-10-1-2-11-38/h3-5,12,17-18,34H,1-2,6-11,13-16H2,(H2,33,35). The predicted octanol–water partition coefficient (Wildman–Crippen LogP) is 5.01. The summed E-state index contributed by atoms with van der Waals surface area (Å²) in [5.41, 5.74) is 7.76. The Kier molecular flexibility index (Phi) is 6.02. The second-order valence-corrected chi connectivity index (χ2v) is 12.7. The van der Waals surface area contributed by atoms with Gasteiger partial charge in [0.1, 0.15) is 16.9 Å². The van der Waals surface area contributed by atoms with Crippen molar-refractivity contribution in [1.82, 2.24) is 25.2 Å². The number of benzene rings is 2. The molecule has 5 heterocycles. The van der Waals surface area contributed by atoms with Crippen molar-refractivity contribution in [3.8, 4) is 17.1 Å². The van der Waals surface area contributed by atoms with Crippen LogP contribution in [0.4, 0.5) is 16.2 Å². The fourth-order valence-corrected chi connectivity index (χ4v) is 7.30. The topological polar surface area (TPSA) is 106 Å². The summed E-state index contributed by atoms with van der Waals surface area (Å²) in [6.45, 7) is 5.46. The molecule has 3 N–H and O–H groups in total.